The molecule has 12 heavy (non-hydrogen) atoms. The van der Waals surface area contributed by atoms with Gasteiger partial charge in [-0.3, -0.25) is 0 Å². The van der Waals surface area contributed by atoms with Gasteiger partial charge in [-0.25, -0.2) is 0 Å². The molecule has 1 aromatic heterocycles. The molecule has 0 bridgehead atoms. The highest BCUT2D eigenvalue weighted by molar-refractivity contribution is 6.28. The molecule has 68 valence electrons. The molecule has 0 amide bonds. The fourth-order valence-electron chi connectivity index (χ4n) is 0.805. The van der Waals surface area contributed by atoms with Crippen molar-refractivity contribution in [3.63, 3.8) is 0 Å². The van der Waals surface area contributed by atoms with E-state index in [1.807, 2.05) is 13.0 Å². The molecule has 0 saturated heterocycles. The first-order valence-electron chi connectivity index (χ1n) is 3.90. The van der Waals surface area contributed by atoms with Crippen molar-refractivity contribution in [2.24, 2.45) is 5.73 Å². The van der Waals surface area contributed by atoms with E-state index in [4.69, 9.17) is 21.8 Å². The van der Waals surface area contributed by atoms with Gasteiger partial charge in [0.15, 0.2) is 5.22 Å². The summed E-state index contributed by atoms with van der Waals surface area (Å²) in [5.74, 6) is 0.834. The zero-order chi connectivity index (χ0) is 8.97. The third kappa shape index (κ3) is 2.85. The maximum Gasteiger partial charge on any atom is 0.193 e. The molecule has 3 N–H and O–H groups in total. The van der Waals surface area contributed by atoms with Gasteiger partial charge in [0.2, 0.25) is 0 Å². The van der Waals surface area contributed by atoms with Crippen LogP contribution in [0.1, 0.15) is 12.7 Å². The molecule has 1 aromatic rings. The van der Waals surface area contributed by atoms with Crippen LogP contribution in [-0.4, -0.2) is 12.6 Å². The normalized spacial score (nSPS) is 13.2. The van der Waals surface area contributed by atoms with Gasteiger partial charge < -0.3 is 15.5 Å². The second-order valence-corrected chi connectivity index (χ2v) is 3.10. The van der Waals surface area contributed by atoms with Gasteiger partial charge >= 0.3 is 0 Å². The molecule has 0 aliphatic rings. The minimum absolute atomic E-state index is 0.300. The van der Waals surface area contributed by atoms with Crippen molar-refractivity contribution in [1.82, 2.24) is 5.32 Å². The molecule has 1 rings (SSSR count). The number of hydrogen-bond acceptors (Lipinski definition) is 3. The predicted octanol–water partition coefficient (Wildman–Crippen LogP) is 1.37. The second kappa shape index (κ2) is 4.50. The summed E-state index contributed by atoms with van der Waals surface area (Å²) in [4.78, 5) is 0. The number of nitrogens with one attached hydrogen (secondary N) is 1. The SMILES string of the molecule is C[C@H](CN)NCc1ccc(Cl)o1. The average molecular weight is 189 g/mol. The van der Waals surface area contributed by atoms with Crippen molar-refractivity contribution < 1.29 is 4.42 Å². The molecule has 0 fully saturated rings. The Bertz CT molecular complexity index is 237. The Balaban J connectivity index is 2.33. The number of nitrogens with two attached hydrogens (primary N) is 1. The lowest BCUT2D eigenvalue weighted by molar-refractivity contribution is 0.458. The van der Waals surface area contributed by atoms with Crippen molar-refractivity contribution in [3.8, 4) is 0 Å². The lowest BCUT2D eigenvalue weighted by Crippen LogP contribution is -2.32. The minimum Gasteiger partial charge on any atom is -0.448 e. The molecule has 0 aromatic carbocycles. The van der Waals surface area contributed by atoms with Crippen LogP contribution in [0.3, 0.4) is 0 Å². The first-order valence-corrected chi connectivity index (χ1v) is 4.28. The molecule has 1 heterocycles. The Morgan fingerprint density at radius 2 is 2.42 bits per heavy atom. The Morgan fingerprint density at radius 1 is 1.67 bits per heavy atom. The van der Waals surface area contributed by atoms with Crippen LogP contribution in [-0.2, 0) is 6.54 Å². The van der Waals surface area contributed by atoms with E-state index < -0.39 is 0 Å². The van der Waals surface area contributed by atoms with E-state index in [0.29, 0.717) is 24.4 Å². The van der Waals surface area contributed by atoms with Crippen LogP contribution in [0.4, 0.5) is 0 Å². The Hall–Kier alpha value is -0.510. The van der Waals surface area contributed by atoms with Gasteiger partial charge in [0.1, 0.15) is 5.76 Å². The molecular formula is C8H13ClN2O. The minimum atomic E-state index is 0.300. The van der Waals surface area contributed by atoms with Gasteiger partial charge in [-0.2, -0.15) is 0 Å². The van der Waals surface area contributed by atoms with Crippen molar-refractivity contribution in [1.29, 1.82) is 0 Å². The molecule has 1 atom stereocenters. The molecule has 0 saturated carbocycles. The Labute approximate surface area is 76.9 Å². The number of furan rings is 1. The first kappa shape index (κ1) is 9.58. The van der Waals surface area contributed by atoms with Crippen molar-refractivity contribution in [2.75, 3.05) is 6.54 Å². The summed E-state index contributed by atoms with van der Waals surface area (Å²) in [6, 6.07) is 3.87. The number of halogens is 1. The van der Waals surface area contributed by atoms with E-state index in [0.717, 1.165) is 5.76 Å². The summed E-state index contributed by atoms with van der Waals surface area (Å²) in [7, 11) is 0. The highest BCUT2D eigenvalue weighted by atomic mass is 35.5. The summed E-state index contributed by atoms with van der Waals surface area (Å²) in [6.07, 6.45) is 0. The summed E-state index contributed by atoms with van der Waals surface area (Å²) in [5, 5.41) is 3.61. The van der Waals surface area contributed by atoms with Crippen LogP contribution in [0.15, 0.2) is 16.5 Å². The first-order chi connectivity index (χ1) is 5.72. The van der Waals surface area contributed by atoms with Crippen LogP contribution >= 0.6 is 11.6 Å². The number of hydrogen-bond donors (Lipinski definition) is 2. The monoisotopic (exact) mass is 188 g/mol. The molecule has 0 spiro atoms. The van der Waals surface area contributed by atoms with Crippen molar-refractivity contribution in [2.45, 2.75) is 19.5 Å². The highest BCUT2D eigenvalue weighted by Crippen LogP contribution is 2.12. The molecule has 0 aliphatic heterocycles. The summed E-state index contributed by atoms with van der Waals surface area (Å²) in [6.45, 7) is 3.31. The Kier molecular flexibility index (Phi) is 3.59. The van der Waals surface area contributed by atoms with Gasteiger partial charge in [0.25, 0.3) is 0 Å². The zero-order valence-electron chi connectivity index (χ0n) is 7.01. The third-order valence-electron chi connectivity index (χ3n) is 1.61. The van der Waals surface area contributed by atoms with E-state index in [9.17, 15) is 0 Å². The summed E-state index contributed by atoms with van der Waals surface area (Å²) in [5.41, 5.74) is 5.42. The second-order valence-electron chi connectivity index (χ2n) is 2.72. The summed E-state index contributed by atoms with van der Waals surface area (Å²) < 4.78 is 5.14. The third-order valence-corrected chi connectivity index (χ3v) is 1.81. The number of rotatable bonds is 4. The van der Waals surface area contributed by atoms with Crippen LogP contribution in [0.25, 0.3) is 0 Å². The van der Waals surface area contributed by atoms with Gasteiger partial charge in [-0.1, -0.05) is 0 Å². The van der Waals surface area contributed by atoms with Crippen molar-refractivity contribution >= 4 is 11.6 Å². The summed E-state index contributed by atoms with van der Waals surface area (Å²) >= 11 is 5.59. The molecule has 0 unspecified atom stereocenters. The van der Waals surface area contributed by atoms with E-state index in [-0.39, 0.29) is 0 Å². The maximum atomic E-state index is 5.59. The maximum absolute atomic E-state index is 5.59. The molecule has 0 aliphatic carbocycles. The topological polar surface area (TPSA) is 51.2 Å². The fourth-order valence-corrected chi connectivity index (χ4v) is 0.967. The lowest BCUT2D eigenvalue weighted by Gasteiger charge is -2.08. The molecule has 4 heteroatoms. The van der Waals surface area contributed by atoms with E-state index >= 15 is 0 Å². The quantitative estimate of drug-likeness (QED) is 0.751. The highest BCUT2D eigenvalue weighted by Gasteiger charge is 2.01. The predicted molar refractivity (Wildman–Crippen MR) is 49.1 cm³/mol. The average Bonchev–Trinajstić information content (AvgIpc) is 2.47. The van der Waals surface area contributed by atoms with Gasteiger partial charge in [-0.05, 0) is 30.7 Å². The lowest BCUT2D eigenvalue weighted by atomic mass is 10.3. The van der Waals surface area contributed by atoms with Crippen LogP contribution in [0.2, 0.25) is 5.22 Å². The van der Waals surface area contributed by atoms with Gasteiger partial charge in [-0.15, -0.1) is 0 Å². The molecule has 3 nitrogen and oxygen atoms in total. The standard InChI is InChI=1S/C8H13ClN2O/c1-6(4-10)11-5-7-2-3-8(9)12-7/h2-3,6,11H,4-5,10H2,1H3/t6-/m1/s1. The zero-order valence-corrected chi connectivity index (χ0v) is 7.77. The van der Waals surface area contributed by atoms with Gasteiger partial charge in [0, 0.05) is 12.6 Å². The van der Waals surface area contributed by atoms with Crippen LogP contribution in [0.5, 0.6) is 0 Å². The van der Waals surface area contributed by atoms with Gasteiger partial charge in [0.05, 0.1) is 6.54 Å². The van der Waals surface area contributed by atoms with E-state index in [1.165, 1.54) is 0 Å². The molecule has 0 radical (unpaired) electrons. The van der Waals surface area contributed by atoms with Crippen molar-refractivity contribution in [3.05, 3.63) is 23.1 Å². The van der Waals surface area contributed by atoms with Crippen LogP contribution < -0.4 is 11.1 Å². The Morgan fingerprint density at radius 3 is 2.92 bits per heavy atom. The smallest absolute Gasteiger partial charge is 0.193 e. The van der Waals surface area contributed by atoms with Crippen LogP contribution in [0, 0.1) is 0 Å². The fraction of sp³-hybridized carbons (Fsp3) is 0.500. The molecular weight excluding hydrogens is 176 g/mol. The van der Waals surface area contributed by atoms with E-state index in [2.05, 4.69) is 5.32 Å². The van der Waals surface area contributed by atoms with E-state index in [1.54, 1.807) is 6.07 Å². The largest absolute Gasteiger partial charge is 0.448 e.